The van der Waals surface area contributed by atoms with Gasteiger partial charge in [0.2, 0.25) is 0 Å². The van der Waals surface area contributed by atoms with Crippen molar-refractivity contribution in [3.05, 3.63) is 34.6 Å². The molecule has 30 heavy (non-hydrogen) atoms. The molecule has 2 fully saturated rings. The monoisotopic (exact) mass is 432 g/mol. The van der Waals surface area contributed by atoms with Crippen molar-refractivity contribution in [2.75, 3.05) is 37.7 Å². The molecule has 0 saturated carbocycles. The van der Waals surface area contributed by atoms with Crippen LogP contribution in [0, 0.1) is 5.82 Å². The van der Waals surface area contributed by atoms with Crippen LogP contribution in [0.25, 0.3) is 11.3 Å². The van der Waals surface area contributed by atoms with Gasteiger partial charge in [0.1, 0.15) is 40.3 Å². The summed E-state index contributed by atoms with van der Waals surface area (Å²) in [6, 6.07) is 4.09. The lowest BCUT2D eigenvalue weighted by atomic mass is 10.0. The van der Waals surface area contributed by atoms with Crippen LogP contribution in [-0.4, -0.2) is 65.8 Å². The molecule has 1 amide bonds. The zero-order valence-corrected chi connectivity index (χ0v) is 17.2. The number of carbonyl (C=O) groups excluding carboxylic acids is 1. The Bertz CT molecular complexity index is 1010. The Morgan fingerprint density at radius 1 is 1.30 bits per heavy atom. The van der Waals surface area contributed by atoms with Crippen molar-refractivity contribution in [1.29, 1.82) is 0 Å². The molecule has 0 spiro atoms. The molecule has 0 bridgehead atoms. The number of pyridine rings is 1. The summed E-state index contributed by atoms with van der Waals surface area (Å²) < 4.78 is 20.7. The average molecular weight is 433 g/mol. The number of piperazine rings is 1. The number of phenols is 1. The van der Waals surface area contributed by atoms with Gasteiger partial charge in [-0.2, -0.15) is 0 Å². The number of fused-ring (bicyclic) bond motifs is 2. The summed E-state index contributed by atoms with van der Waals surface area (Å²) >= 11 is 6.64. The lowest BCUT2D eigenvalue weighted by molar-refractivity contribution is 0.0606. The second kappa shape index (κ2) is 7.28. The lowest BCUT2D eigenvalue weighted by Gasteiger charge is -2.41. The van der Waals surface area contributed by atoms with Crippen LogP contribution in [0.15, 0.2) is 18.2 Å². The standard InChI is InChI=1S/C21H22ClFN4O3/c1-11-5-7-26(11)20-16-19(30-10-12-9-24-6-8-27(12)21(16)29)17(22)18(25-20)15-13(23)3-2-4-14(15)28/h2-4,11-12,24,28H,5-10H2,1H3/t11-,12+/m0/s1. The highest BCUT2D eigenvalue weighted by Gasteiger charge is 2.40. The second-order valence-electron chi connectivity index (χ2n) is 7.93. The smallest absolute Gasteiger partial charge is 0.261 e. The molecule has 158 valence electrons. The first-order valence-electron chi connectivity index (χ1n) is 10.1. The molecule has 2 atom stereocenters. The normalized spacial score (nSPS) is 23.2. The first kappa shape index (κ1) is 19.4. The van der Waals surface area contributed by atoms with Gasteiger partial charge < -0.3 is 25.0 Å². The molecule has 9 heteroatoms. The highest BCUT2D eigenvalue weighted by atomic mass is 35.5. The van der Waals surface area contributed by atoms with Crippen molar-refractivity contribution in [2.45, 2.75) is 25.4 Å². The molecule has 1 aromatic carbocycles. The Kier molecular flexibility index (Phi) is 4.71. The number of ether oxygens (including phenoxy) is 1. The summed E-state index contributed by atoms with van der Waals surface area (Å²) in [5, 5.41) is 13.6. The third-order valence-electron chi connectivity index (χ3n) is 6.14. The van der Waals surface area contributed by atoms with E-state index in [1.807, 2.05) is 11.8 Å². The number of anilines is 1. The van der Waals surface area contributed by atoms with Crippen molar-refractivity contribution in [3.63, 3.8) is 0 Å². The highest BCUT2D eigenvalue weighted by Crippen LogP contribution is 2.46. The van der Waals surface area contributed by atoms with Crippen LogP contribution in [0.3, 0.4) is 0 Å². The maximum absolute atomic E-state index is 14.7. The molecule has 0 unspecified atom stereocenters. The second-order valence-corrected chi connectivity index (χ2v) is 8.31. The maximum atomic E-state index is 14.7. The predicted molar refractivity (Wildman–Crippen MR) is 111 cm³/mol. The van der Waals surface area contributed by atoms with Crippen molar-refractivity contribution in [3.8, 4) is 22.8 Å². The van der Waals surface area contributed by atoms with Crippen LogP contribution in [0.1, 0.15) is 23.7 Å². The first-order valence-corrected chi connectivity index (χ1v) is 10.5. The van der Waals surface area contributed by atoms with Crippen LogP contribution in [0.2, 0.25) is 5.02 Å². The Morgan fingerprint density at radius 3 is 2.83 bits per heavy atom. The number of nitrogens with one attached hydrogen (secondary N) is 1. The minimum absolute atomic E-state index is 0.0310. The number of aromatic hydroxyl groups is 1. The van der Waals surface area contributed by atoms with Crippen LogP contribution >= 0.6 is 11.6 Å². The Morgan fingerprint density at radius 2 is 2.13 bits per heavy atom. The molecule has 2 N–H and O–H groups in total. The number of halogens is 2. The molecule has 4 heterocycles. The Balaban J connectivity index is 1.75. The number of phenolic OH excluding ortho intramolecular Hbond substituents is 1. The summed E-state index contributed by atoms with van der Waals surface area (Å²) in [4.78, 5) is 22.0. The van der Waals surface area contributed by atoms with E-state index in [0.717, 1.165) is 13.0 Å². The van der Waals surface area contributed by atoms with Gasteiger partial charge in [-0.3, -0.25) is 4.79 Å². The van der Waals surface area contributed by atoms with Crippen LogP contribution < -0.4 is 15.0 Å². The molecular formula is C21H22ClFN4O3. The van der Waals surface area contributed by atoms with Gasteiger partial charge >= 0.3 is 0 Å². The SMILES string of the molecule is C[C@H]1CCN1c1nc(-c2c(O)cccc2F)c(Cl)c2c1C(=O)N1CCNC[C@@H]1CO2. The molecule has 2 saturated heterocycles. The Hall–Kier alpha value is -2.58. The topological polar surface area (TPSA) is 77.9 Å². The van der Waals surface area contributed by atoms with Crippen molar-refractivity contribution in [2.24, 2.45) is 0 Å². The van der Waals surface area contributed by atoms with Gasteiger partial charge in [-0.25, -0.2) is 9.37 Å². The fourth-order valence-corrected chi connectivity index (χ4v) is 4.60. The molecular weight excluding hydrogens is 411 g/mol. The van der Waals surface area contributed by atoms with E-state index in [0.29, 0.717) is 31.0 Å². The first-order chi connectivity index (χ1) is 14.5. The van der Waals surface area contributed by atoms with E-state index in [1.165, 1.54) is 18.2 Å². The van der Waals surface area contributed by atoms with Crippen molar-refractivity contribution in [1.82, 2.24) is 15.2 Å². The number of aromatic nitrogens is 1. The van der Waals surface area contributed by atoms with E-state index in [4.69, 9.17) is 16.3 Å². The van der Waals surface area contributed by atoms with Gasteiger partial charge in [0.25, 0.3) is 5.91 Å². The minimum Gasteiger partial charge on any atom is -0.507 e. The van der Waals surface area contributed by atoms with E-state index in [1.54, 1.807) is 4.90 Å². The zero-order valence-electron chi connectivity index (χ0n) is 16.5. The number of amides is 1. The summed E-state index contributed by atoms with van der Waals surface area (Å²) in [6.07, 6.45) is 0.963. The summed E-state index contributed by atoms with van der Waals surface area (Å²) in [7, 11) is 0. The molecule has 1 aromatic heterocycles. The lowest BCUT2D eigenvalue weighted by Crippen LogP contribution is -2.55. The number of hydrogen-bond acceptors (Lipinski definition) is 6. The minimum atomic E-state index is -0.645. The van der Waals surface area contributed by atoms with E-state index in [-0.39, 0.29) is 52.4 Å². The summed E-state index contributed by atoms with van der Waals surface area (Å²) in [6.45, 7) is 4.93. The largest absolute Gasteiger partial charge is 0.507 e. The van der Waals surface area contributed by atoms with Crippen molar-refractivity contribution < 1.29 is 19.0 Å². The third kappa shape index (κ3) is 2.89. The van der Waals surface area contributed by atoms with E-state index < -0.39 is 5.82 Å². The average Bonchev–Trinajstić information content (AvgIpc) is 2.87. The fraction of sp³-hybridized carbons (Fsp3) is 0.429. The van der Waals surface area contributed by atoms with Gasteiger partial charge in [-0.1, -0.05) is 17.7 Å². The quantitative estimate of drug-likeness (QED) is 0.759. The zero-order chi connectivity index (χ0) is 21.0. The predicted octanol–water partition coefficient (Wildman–Crippen LogP) is 2.65. The fourth-order valence-electron chi connectivity index (χ4n) is 4.31. The number of nitrogens with zero attached hydrogens (tertiary/aromatic N) is 3. The molecule has 2 aromatic rings. The molecule has 0 aliphatic carbocycles. The third-order valence-corrected chi connectivity index (χ3v) is 6.49. The van der Waals surface area contributed by atoms with Gasteiger partial charge in [0.05, 0.1) is 11.6 Å². The molecule has 7 nitrogen and oxygen atoms in total. The summed E-state index contributed by atoms with van der Waals surface area (Å²) in [5.41, 5.74) is 0.292. The summed E-state index contributed by atoms with van der Waals surface area (Å²) in [5.74, 6) is -0.461. The highest BCUT2D eigenvalue weighted by molar-refractivity contribution is 6.35. The van der Waals surface area contributed by atoms with E-state index >= 15 is 0 Å². The van der Waals surface area contributed by atoms with Crippen LogP contribution in [-0.2, 0) is 0 Å². The molecule has 0 radical (unpaired) electrons. The number of carbonyl (C=O) groups is 1. The molecule has 3 aliphatic heterocycles. The Labute approximate surface area is 178 Å². The molecule has 3 aliphatic rings. The number of hydrogen-bond donors (Lipinski definition) is 2. The van der Waals surface area contributed by atoms with E-state index in [2.05, 4.69) is 10.3 Å². The maximum Gasteiger partial charge on any atom is 0.261 e. The van der Waals surface area contributed by atoms with Crippen LogP contribution in [0.4, 0.5) is 10.2 Å². The van der Waals surface area contributed by atoms with Gasteiger partial charge in [0.15, 0.2) is 5.75 Å². The van der Waals surface area contributed by atoms with Gasteiger partial charge in [-0.05, 0) is 25.5 Å². The number of benzene rings is 1. The number of rotatable bonds is 2. The van der Waals surface area contributed by atoms with Crippen molar-refractivity contribution >= 4 is 23.3 Å². The molecule has 5 rings (SSSR count). The van der Waals surface area contributed by atoms with Gasteiger partial charge in [0, 0.05) is 32.2 Å². The van der Waals surface area contributed by atoms with Crippen LogP contribution in [0.5, 0.6) is 11.5 Å². The van der Waals surface area contributed by atoms with E-state index in [9.17, 15) is 14.3 Å². The van der Waals surface area contributed by atoms with Gasteiger partial charge in [-0.15, -0.1) is 0 Å².